The minimum Gasteiger partial charge on any atom is -0.369 e. The highest BCUT2D eigenvalue weighted by atomic mass is 35.5. The Morgan fingerprint density at radius 3 is 2.96 bits per heavy atom. The summed E-state index contributed by atoms with van der Waals surface area (Å²) < 4.78 is 7.47. The maximum absolute atomic E-state index is 12.5. The van der Waals surface area contributed by atoms with Crippen LogP contribution in [-0.2, 0) is 18.3 Å². The predicted molar refractivity (Wildman–Crippen MR) is 89.6 cm³/mol. The summed E-state index contributed by atoms with van der Waals surface area (Å²) in [6, 6.07) is 7.38. The van der Waals surface area contributed by atoms with Crippen molar-refractivity contribution in [3.8, 4) is 0 Å². The van der Waals surface area contributed by atoms with Crippen LogP contribution in [0.4, 0.5) is 4.79 Å². The molecule has 1 aromatic carbocycles. The highest BCUT2D eigenvalue weighted by Crippen LogP contribution is 2.29. The number of urea groups is 1. The van der Waals surface area contributed by atoms with E-state index >= 15 is 0 Å². The Hall–Kier alpha value is -2.12. The van der Waals surface area contributed by atoms with Crippen LogP contribution in [0.25, 0.3) is 0 Å². The number of carbonyl (C=O) groups is 1. The summed E-state index contributed by atoms with van der Waals surface area (Å²) >= 11 is 6.25. The van der Waals surface area contributed by atoms with Gasteiger partial charge in [-0.1, -0.05) is 29.8 Å². The Kier molecular flexibility index (Phi) is 5.01. The van der Waals surface area contributed by atoms with Gasteiger partial charge in [0.1, 0.15) is 12.4 Å². The van der Waals surface area contributed by atoms with Gasteiger partial charge in [0, 0.05) is 17.6 Å². The summed E-state index contributed by atoms with van der Waals surface area (Å²) in [5, 5.41) is 7.66. The van der Waals surface area contributed by atoms with E-state index in [0.717, 1.165) is 5.56 Å². The first-order valence-electron chi connectivity index (χ1n) is 7.79. The van der Waals surface area contributed by atoms with E-state index in [1.807, 2.05) is 31.2 Å². The third-order valence-corrected chi connectivity index (χ3v) is 4.34. The van der Waals surface area contributed by atoms with Gasteiger partial charge in [0.05, 0.1) is 25.7 Å². The Morgan fingerprint density at radius 1 is 1.46 bits per heavy atom. The van der Waals surface area contributed by atoms with Crippen LogP contribution in [0.3, 0.4) is 0 Å². The number of ether oxygens (including phenoxy) is 1. The Morgan fingerprint density at radius 2 is 2.25 bits per heavy atom. The Bertz CT molecular complexity index is 720. The monoisotopic (exact) mass is 349 g/mol. The van der Waals surface area contributed by atoms with Gasteiger partial charge in [0.15, 0.2) is 5.82 Å². The van der Waals surface area contributed by atoms with Crippen molar-refractivity contribution >= 4 is 17.6 Å². The number of rotatable bonds is 3. The van der Waals surface area contributed by atoms with Gasteiger partial charge in [-0.3, -0.25) is 4.68 Å². The number of aromatic nitrogens is 3. The summed E-state index contributed by atoms with van der Waals surface area (Å²) in [7, 11) is 1.79. The van der Waals surface area contributed by atoms with E-state index in [9.17, 15) is 4.79 Å². The smallest absolute Gasteiger partial charge is 0.318 e. The Labute approximate surface area is 145 Å². The molecular formula is C16H20ClN5O2. The van der Waals surface area contributed by atoms with Crippen LogP contribution >= 0.6 is 11.6 Å². The molecule has 0 radical (unpaired) electrons. The maximum Gasteiger partial charge on any atom is 0.318 e. The number of aryl methyl sites for hydroxylation is 1. The van der Waals surface area contributed by atoms with Crippen molar-refractivity contribution in [2.24, 2.45) is 7.05 Å². The number of halogens is 1. The molecule has 2 atom stereocenters. The number of nitrogens with zero attached hydrogens (tertiary/aromatic N) is 4. The van der Waals surface area contributed by atoms with Crippen LogP contribution in [0.1, 0.15) is 24.4 Å². The zero-order valence-corrected chi connectivity index (χ0v) is 14.4. The molecule has 1 saturated heterocycles. The van der Waals surface area contributed by atoms with Crippen molar-refractivity contribution in [2.75, 3.05) is 13.2 Å². The molecule has 7 nitrogen and oxygen atoms in total. The van der Waals surface area contributed by atoms with Gasteiger partial charge in [0.25, 0.3) is 0 Å². The fourth-order valence-corrected chi connectivity index (χ4v) is 2.94. The van der Waals surface area contributed by atoms with Crippen molar-refractivity contribution in [1.29, 1.82) is 0 Å². The molecule has 8 heteroatoms. The molecule has 24 heavy (non-hydrogen) atoms. The zero-order chi connectivity index (χ0) is 17.1. The third-order valence-electron chi connectivity index (χ3n) is 3.99. The summed E-state index contributed by atoms with van der Waals surface area (Å²) in [4.78, 5) is 18.4. The van der Waals surface area contributed by atoms with E-state index in [1.54, 1.807) is 23.0 Å². The van der Waals surface area contributed by atoms with Gasteiger partial charge in [-0.2, -0.15) is 5.10 Å². The summed E-state index contributed by atoms with van der Waals surface area (Å²) in [5.74, 6) is 0.578. The van der Waals surface area contributed by atoms with Gasteiger partial charge in [-0.05, 0) is 13.0 Å². The van der Waals surface area contributed by atoms with Crippen LogP contribution in [0.5, 0.6) is 0 Å². The van der Waals surface area contributed by atoms with E-state index in [4.69, 9.17) is 16.3 Å². The lowest BCUT2D eigenvalue weighted by Gasteiger charge is -2.38. The van der Waals surface area contributed by atoms with Crippen molar-refractivity contribution in [3.63, 3.8) is 0 Å². The van der Waals surface area contributed by atoms with Crippen LogP contribution in [-0.4, -0.2) is 44.9 Å². The first-order valence-corrected chi connectivity index (χ1v) is 8.17. The van der Waals surface area contributed by atoms with E-state index in [-0.39, 0.29) is 18.2 Å². The first-order chi connectivity index (χ1) is 11.5. The summed E-state index contributed by atoms with van der Waals surface area (Å²) in [6.45, 7) is 3.17. The molecular weight excluding hydrogens is 330 g/mol. The van der Waals surface area contributed by atoms with Crippen LogP contribution in [0.15, 0.2) is 30.6 Å². The Balaban J connectivity index is 1.65. The largest absolute Gasteiger partial charge is 0.369 e. The molecule has 2 heterocycles. The number of nitrogens with one attached hydrogen (secondary N) is 1. The third kappa shape index (κ3) is 3.68. The quantitative estimate of drug-likeness (QED) is 0.921. The molecule has 1 N–H and O–H groups in total. The van der Waals surface area contributed by atoms with Crippen LogP contribution in [0.2, 0.25) is 5.02 Å². The standard InChI is InChI=1S/C16H20ClN5O2/c1-11-9-24-14(12-5-3-4-6-13(12)17)8-22(11)16(23)18-7-15-19-10-21(2)20-15/h3-6,10-11,14H,7-9H2,1-2H3,(H,18,23)/t11-,14-/m1/s1. The summed E-state index contributed by atoms with van der Waals surface area (Å²) in [6.07, 6.45) is 1.38. The van der Waals surface area contributed by atoms with Gasteiger partial charge < -0.3 is 15.0 Å². The fraction of sp³-hybridized carbons (Fsp3) is 0.438. The molecule has 2 amide bonds. The number of morpholine rings is 1. The topological polar surface area (TPSA) is 72.3 Å². The highest BCUT2D eigenvalue weighted by molar-refractivity contribution is 6.31. The number of hydrogen-bond donors (Lipinski definition) is 1. The molecule has 0 saturated carbocycles. The molecule has 0 unspecified atom stereocenters. The molecule has 2 aromatic rings. The molecule has 1 fully saturated rings. The average Bonchev–Trinajstić information content (AvgIpc) is 2.99. The molecule has 128 valence electrons. The van der Waals surface area contributed by atoms with E-state index in [0.29, 0.717) is 30.5 Å². The lowest BCUT2D eigenvalue weighted by atomic mass is 10.1. The van der Waals surface area contributed by atoms with Crippen molar-refractivity contribution in [2.45, 2.75) is 25.6 Å². The number of benzene rings is 1. The van der Waals surface area contributed by atoms with Crippen molar-refractivity contribution in [3.05, 3.63) is 47.0 Å². The SMILES string of the molecule is C[C@@H]1CO[C@@H](c2ccccc2Cl)CN1C(=O)NCc1ncn(C)n1. The zero-order valence-electron chi connectivity index (χ0n) is 13.6. The lowest BCUT2D eigenvalue weighted by molar-refractivity contribution is -0.0427. The average molecular weight is 350 g/mol. The molecule has 1 aliphatic heterocycles. The van der Waals surface area contributed by atoms with E-state index in [2.05, 4.69) is 15.4 Å². The predicted octanol–water partition coefficient (Wildman–Crippen LogP) is 2.14. The van der Waals surface area contributed by atoms with Gasteiger partial charge in [-0.15, -0.1) is 0 Å². The van der Waals surface area contributed by atoms with Crippen molar-refractivity contribution in [1.82, 2.24) is 25.0 Å². The van der Waals surface area contributed by atoms with Gasteiger partial charge in [0.2, 0.25) is 0 Å². The fourth-order valence-electron chi connectivity index (χ4n) is 2.69. The second-order valence-electron chi connectivity index (χ2n) is 5.84. The van der Waals surface area contributed by atoms with Crippen LogP contribution in [0, 0.1) is 0 Å². The second-order valence-corrected chi connectivity index (χ2v) is 6.25. The van der Waals surface area contributed by atoms with Gasteiger partial charge in [-0.25, -0.2) is 9.78 Å². The normalized spacial score (nSPS) is 20.9. The maximum atomic E-state index is 12.5. The molecule has 0 spiro atoms. The number of hydrogen-bond acceptors (Lipinski definition) is 4. The minimum atomic E-state index is -0.228. The van der Waals surface area contributed by atoms with E-state index < -0.39 is 0 Å². The highest BCUT2D eigenvalue weighted by Gasteiger charge is 2.31. The minimum absolute atomic E-state index is 0.0135. The first kappa shape index (κ1) is 16.7. The number of carbonyl (C=O) groups excluding carboxylic acids is 1. The molecule has 1 aromatic heterocycles. The van der Waals surface area contributed by atoms with Crippen LogP contribution < -0.4 is 5.32 Å². The van der Waals surface area contributed by atoms with E-state index in [1.165, 1.54) is 0 Å². The molecule has 0 aliphatic carbocycles. The van der Waals surface area contributed by atoms with Crippen molar-refractivity contribution < 1.29 is 9.53 Å². The molecule has 1 aliphatic rings. The number of amides is 2. The molecule has 0 bridgehead atoms. The summed E-state index contributed by atoms with van der Waals surface area (Å²) in [5.41, 5.74) is 0.898. The lowest BCUT2D eigenvalue weighted by Crippen LogP contribution is -2.52. The van der Waals surface area contributed by atoms with Gasteiger partial charge >= 0.3 is 6.03 Å². The molecule has 3 rings (SSSR count). The second kappa shape index (κ2) is 7.19.